The molecule has 3 aromatic carbocycles. The van der Waals surface area contributed by atoms with Crippen LogP contribution in [0.3, 0.4) is 0 Å². The third-order valence-corrected chi connectivity index (χ3v) is 5.69. The van der Waals surface area contributed by atoms with Gasteiger partial charge in [-0.15, -0.1) is 0 Å². The van der Waals surface area contributed by atoms with E-state index in [9.17, 15) is 14.4 Å². The lowest BCUT2D eigenvalue weighted by Gasteiger charge is -2.37. The number of allylic oxidation sites excluding steroid dienone is 1. The number of amides is 2. The molecule has 7 nitrogen and oxygen atoms in total. The van der Waals surface area contributed by atoms with Crippen LogP contribution >= 0.6 is 0 Å². The number of hydrogen-bond donors (Lipinski definition) is 1. The highest BCUT2D eigenvalue weighted by Gasteiger charge is 2.39. The first-order chi connectivity index (χ1) is 15.9. The highest BCUT2D eigenvalue weighted by Crippen LogP contribution is 2.33. The Hall–Kier alpha value is -4.13. The zero-order valence-electron chi connectivity index (χ0n) is 18.6. The summed E-state index contributed by atoms with van der Waals surface area (Å²) in [5, 5.41) is 4.91. The molecule has 3 aromatic rings. The number of urea groups is 1. The molecule has 0 aromatic heterocycles. The van der Waals surface area contributed by atoms with Crippen molar-refractivity contribution in [3.05, 3.63) is 95.2 Å². The van der Waals surface area contributed by atoms with Crippen molar-refractivity contribution in [1.29, 1.82) is 0 Å². The summed E-state index contributed by atoms with van der Waals surface area (Å²) < 4.78 is 10.5. The summed E-state index contributed by atoms with van der Waals surface area (Å²) in [7, 11) is 1.29. The fourth-order valence-corrected chi connectivity index (χ4v) is 4.06. The maximum Gasteiger partial charge on any atom is 0.340 e. The number of carbonyl (C=O) groups excluding carboxylic acids is 3. The number of benzene rings is 3. The topological polar surface area (TPSA) is 84.9 Å². The monoisotopic (exact) mass is 444 g/mol. The Balaban J connectivity index is 1.69. The number of carbonyl (C=O) groups is 3. The van der Waals surface area contributed by atoms with Crippen molar-refractivity contribution in [2.24, 2.45) is 0 Å². The predicted molar refractivity (Wildman–Crippen MR) is 123 cm³/mol. The fourth-order valence-electron chi connectivity index (χ4n) is 4.06. The number of esters is 2. The van der Waals surface area contributed by atoms with Crippen LogP contribution in [0.15, 0.2) is 84.1 Å². The van der Waals surface area contributed by atoms with E-state index >= 15 is 0 Å². The summed E-state index contributed by atoms with van der Waals surface area (Å²) in [6.07, 6.45) is -0.949. The van der Waals surface area contributed by atoms with Gasteiger partial charge in [0.15, 0.2) is 6.23 Å². The maximum absolute atomic E-state index is 13.1. The summed E-state index contributed by atoms with van der Waals surface area (Å²) in [6.45, 7) is 3.22. The highest BCUT2D eigenvalue weighted by atomic mass is 16.6. The Labute approximate surface area is 191 Å². The van der Waals surface area contributed by atoms with E-state index in [0.29, 0.717) is 11.3 Å². The molecule has 0 aliphatic carbocycles. The minimum Gasteiger partial charge on any atom is -0.466 e. The van der Waals surface area contributed by atoms with Gasteiger partial charge in [0.05, 0.1) is 24.3 Å². The highest BCUT2D eigenvalue weighted by molar-refractivity contribution is 5.96. The van der Waals surface area contributed by atoms with Gasteiger partial charge in [0.1, 0.15) is 0 Å². The number of rotatable bonds is 5. The average molecular weight is 444 g/mol. The molecule has 1 heterocycles. The molecular formula is C26H24N2O5. The van der Waals surface area contributed by atoms with Crippen LogP contribution in [0.5, 0.6) is 0 Å². The van der Waals surface area contributed by atoms with Crippen LogP contribution in [-0.4, -0.2) is 36.2 Å². The zero-order chi connectivity index (χ0) is 23.5. The lowest BCUT2D eigenvalue weighted by atomic mass is 9.93. The Morgan fingerprint density at radius 1 is 0.939 bits per heavy atom. The molecule has 0 fully saturated rings. The van der Waals surface area contributed by atoms with Gasteiger partial charge in [-0.2, -0.15) is 0 Å². The molecule has 0 spiro atoms. The van der Waals surface area contributed by atoms with E-state index in [-0.39, 0.29) is 5.57 Å². The molecular weight excluding hydrogens is 420 g/mol. The van der Waals surface area contributed by atoms with Gasteiger partial charge < -0.3 is 14.8 Å². The number of fused-ring (bicyclic) bond motifs is 1. The number of nitrogens with zero attached hydrogens (tertiary/aromatic N) is 1. The van der Waals surface area contributed by atoms with Gasteiger partial charge in [-0.05, 0) is 48.4 Å². The van der Waals surface area contributed by atoms with Gasteiger partial charge >= 0.3 is 18.0 Å². The SMILES string of the molecule is COC(=O)C1=C(C)N(C(C)OC(=O)c2ccccc2)C(=O)NC1c1ccc2ccccc2c1. The second-order valence-corrected chi connectivity index (χ2v) is 7.72. The molecule has 0 bridgehead atoms. The van der Waals surface area contributed by atoms with Gasteiger partial charge in [0.25, 0.3) is 0 Å². The maximum atomic E-state index is 13.1. The first kappa shape index (κ1) is 22.1. The molecule has 2 atom stereocenters. The van der Waals surface area contributed by atoms with E-state index in [2.05, 4.69) is 5.32 Å². The van der Waals surface area contributed by atoms with Crippen LogP contribution in [0.1, 0.15) is 35.8 Å². The summed E-state index contributed by atoms with van der Waals surface area (Å²) in [4.78, 5) is 39.6. The van der Waals surface area contributed by atoms with E-state index in [1.807, 2.05) is 42.5 Å². The largest absolute Gasteiger partial charge is 0.466 e. The number of nitrogens with one attached hydrogen (secondary N) is 1. The summed E-state index contributed by atoms with van der Waals surface area (Å²) in [5.41, 5.74) is 1.74. The fraction of sp³-hybridized carbons (Fsp3) is 0.192. The molecule has 168 valence electrons. The first-order valence-corrected chi connectivity index (χ1v) is 10.5. The van der Waals surface area contributed by atoms with Gasteiger partial charge in [0.2, 0.25) is 0 Å². The average Bonchev–Trinajstić information content (AvgIpc) is 2.83. The van der Waals surface area contributed by atoms with Crippen LogP contribution in [0, 0.1) is 0 Å². The lowest BCUT2D eigenvalue weighted by Crippen LogP contribution is -2.52. The van der Waals surface area contributed by atoms with Crippen molar-refractivity contribution in [3.8, 4) is 0 Å². The summed E-state index contributed by atoms with van der Waals surface area (Å²) in [6, 6.07) is 20.9. The third kappa shape index (κ3) is 4.30. The van der Waals surface area contributed by atoms with E-state index in [4.69, 9.17) is 9.47 Å². The zero-order valence-corrected chi connectivity index (χ0v) is 18.6. The van der Waals surface area contributed by atoms with Crippen molar-refractivity contribution in [1.82, 2.24) is 10.2 Å². The van der Waals surface area contributed by atoms with Crippen LogP contribution in [0.25, 0.3) is 10.8 Å². The Morgan fingerprint density at radius 2 is 1.61 bits per heavy atom. The second kappa shape index (κ2) is 9.16. The molecule has 33 heavy (non-hydrogen) atoms. The number of hydrogen-bond acceptors (Lipinski definition) is 5. The van der Waals surface area contributed by atoms with Crippen molar-refractivity contribution in [2.45, 2.75) is 26.1 Å². The van der Waals surface area contributed by atoms with Crippen LogP contribution in [0.2, 0.25) is 0 Å². The molecule has 0 radical (unpaired) electrons. The van der Waals surface area contributed by atoms with Crippen molar-refractivity contribution < 1.29 is 23.9 Å². The molecule has 7 heteroatoms. The summed E-state index contributed by atoms with van der Waals surface area (Å²) >= 11 is 0. The van der Waals surface area contributed by atoms with Gasteiger partial charge in [-0.1, -0.05) is 54.6 Å². The van der Waals surface area contributed by atoms with E-state index in [1.165, 1.54) is 12.0 Å². The molecule has 1 aliphatic heterocycles. The van der Waals surface area contributed by atoms with Crippen molar-refractivity contribution >= 4 is 28.7 Å². The quantitative estimate of drug-likeness (QED) is 0.584. The summed E-state index contributed by atoms with van der Waals surface area (Å²) in [5.74, 6) is -1.14. The lowest BCUT2D eigenvalue weighted by molar-refractivity contribution is -0.136. The molecule has 0 saturated heterocycles. The standard InChI is InChI=1S/C26H24N2O5/c1-16-22(25(30)32-3)23(21-14-13-18-9-7-8-12-20(18)15-21)27-26(31)28(16)17(2)33-24(29)19-10-5-4-6-11-19/h4-15,17,23H,1-3H3,(H,27,31). The van der Waals surface area contributed by atoms with Crippen LogP contribution in [-0.2, 0) is 14.3 Å². The Morgan fingerprint density at radius 3 is 2.30 bits per heavy atom. The molecule has 4 rings (SSSR count). The smallest absolute Gasteiger partial charge is 0.340 e. The Kier molecular flexibility index (Phi) is 6.13. The number of methoxy groups -OCH3 is 1. The Bertz CT molecular complexity index is 1250. The normalized spacial score (nSPS) is 16.9. The molecule has 1 N–H and O–H groups in total. The van der Waals surface area contributed by atoms with E-state index < -0.39 is 30.2 Å². The molecule has 2 amide bonds. The molecule has 1 aliphatic rings. The van der Waals surface area contributed by atoms with Crippen molar-refractivity contribution in [2.75, 3.05) is 7.11 Å². The van der Waals surface area contributed by atoms with Crippen molar-refractivity contribution in [3.63, 3.8) is 0 Å². The molecule has 0 saturated carbocycles. The van der Waals surface area contributed by atoms with Gasteiger partial charge in [-0.3, -0.25) is 4.90 Å². The van der Waals surface area contributed by atoms with Gasteiger partial charge in [-0.25, -0.2) is 14.4 Å². The second-order valence-electron chi connectivity index (χ2n) is 7.72. The van der Waals surface area contributed by atoms with Crippen LogP contribution < -0.4 is 5.32 Å². The van der Waals surface area contributed by atoms with Crippen LogP contribution in [0.4, 0.5) is 4.79 Å². The predicted octanol–water partition coefficient (Wildman–Crippen LogP) is 4.56. The van der Waals surface area contributed by atoms with E-state index in [0.717, 1.165) is 16.3 Å². The van der Waals surface area contributed by atoms with Gasteiger partial charge in [0, 0.05) is 5.70 Å². The third-order valence-electron chi connectivity index (χ3n) is 5.69. The van der Waals surface area contributed by atoms with E-state index in [1.54, 1.807) is 44.2 Å². The minimum atomic E-state index is -0.949. The first-order valence-electron chi connectivity index (χ1n) is 10.5. The minimum absolute atomic E-state index is 0.273. The molecule has 2 unspecified atom stereocenters. The number of ether oxygens (including phenoxy) is 2.